The zero-order valence-electron chi connectivity index (χ0n) is 7.20. The van der Waals surface area contributed by atoms with Crippen molar-refractivity contribution in [2.24, 2.45) is 0 Å². The third-order valence-corrected chi connectivity index (χ3v) is 3.30. The summed E-state index contributed by atoms with van der Waals surface area (Å²) in [6.45, 7) is 18.8. The lowest BCUT2D eigenvalue weighted by Crippen LogP contribution is -1.95. The van der Waals surface area contributed by atoms with Crippen LogP contribution in [-0.2, 0) is 0 Å². The Kier molecular flexibility index (Phi) is 4.63. The van der Waals surface area contributed by atoms with Crippen LogP contribution in [0.3, 0.4) is 0 Å². The monoisotopic (exact) mass is 196 g/mol. The Morgan fingerprint density at radius 1 is 1.08 bits per heavy atom. The maximum Gasteiger partial charge on any atom is 0.155 e. The first-order valence-electron chi connectivity index (χ1n) is 3.48. The fourth-order valence-corrected chi connectivity index (χ4v) is 1.47. The molecule has 0 atom stereocenters. The molecule has 64 valence electrons. The van der Waals surface area contributed by atoms with Crippen molar-refractivity contribution in [1.82, 2.24) is 0 Å². The Morgan fingerprint density at radius 2 is 1.58 bits per heavy atom. The third-order valence-electron chi connectivity index (χ3n) is 1.59. The molecule has 0 saturated heterocycles. The molecular weight excluding hydrogens is 184 g/mol. The lowest BCUT2D eigenvalue weighted by molar-refractivity contribution is 1.51. The minimum atomic E-state index is -0.750. The maximum absolute atomic E-state index is 5.72. The van der Waals surface area contributed by atoms with Gasteiger partial charge in [-0.25, -0.2) is 0 Å². The number of halogens is 1. The average Bonchev–Trinajstić information content (AvgIpc) is 2.12. The number of hydrogen-bond acceptors (Lipinski definition) is 0. The molecule has 0 nitrogen and oxygen atoms in total. The van der Waals surface area contributed by atoms with E-state index in [9.17, 15) is 0 Å². The highest BCUT2D eigenvalue weighted by Crippen LogP contribution is 2.20. The van der Waals surface area contributed by atoms with Crippen LogP contribution in [0.5, 0.6) is 0 Å². The second-order valence-electron chi connectivity index (χ2n) is 2.42. The van der Waals surface area contributed by atoms with Crippen molar-refractivity contribution in [2.45, 2.75) is 0 Å². The molecule has 0 unspecified atom stereocenters. The van der Waals surface area contributed by atoms with Crippen LogP contribution in [0.4, 0.5) is 0 Å². The summed E-state index contributed by atoms with van der Waals surface area (Å²) in [5.74, 6) is 0. The van der Waals surface area contributed by atoms with Crippen molar-refractivity contribution < 1.29 is 0 Å². The lowest BCUT2D eigenvalue weighted by atomic mass is 10.0. The van der Waals surface area contributed by atoms with Crippen molar-refractivity contribution in [1.29, 1.82) is 0 Å². The van der Waals surface area contributed by atoms with Crippen LogP contribution in [0.1, 0.15) is 0 Å². The highest BCUT2D eigenvalue weighted by molar-refractivity contribution is 6.98. The SMILES string of the molecule is C=CC(=C)C(=C)C(=C)C(=C)[SiH2]Cl. The molecule has 0 saturated carbocycles. The predicted molar refractivity (Wildman–Crippen MR) is 61.2 cm³/mol. The zero-order valence-corrected chi connectivity index (χ0v) is 9.37. The fourth-order valence-electron chi connectivity index (χ4n) is 0.611. The number of rotatable bonds is 5. The molecule has 0 fully saturated rings. The summed E-state index contributed by atoms with van der Waals surface area (Å²) in [7, 11) is -0.750. The molecule has 0 aliphatic carbocycles. The summed E-state index contributed by atoms with van der Waals surface area (Å²) < 4.78 is 0. The topological polar surface area (TPSA) is 0 Å². The van der Waals surface area contributed by atoms with E-state index in [2.05, 4.69) is 32.9 Å². The summed E-state index contributed by atoms with van der Waals surface area (Å²) in [4.78, 5) is 0. The molecule has 0 rings (SSSR count). The number of hydrogen-bond donors (Lipinski definition) is 0. The summed E-state index contributed by atoms with van der Waals surface area (Å²) in [5, 5.41) is 0.907. The van der Waals surface area contributed by atoms with Gasteiger partial charge < -0.3 is 0 Å². The van der Waals surface area contributed by atoms with E-state index in [1.807, 2.05) is 0 Å². The molecule has 0 heterocycles. The molecule has 0 bridgehead atoms. The minimum Gasteiger partial charge on any atom is -0.170 e. The minimum absolute atomic E-state index is 0.750. The molecule has 0 amide bonds. The first-order chi connectivity index (χ1) is 5.54. The molecule has 0 aliphatic heterocycles. The molecule has 2 heteroatoms. The molecular formula is C10H13ClSi. The van der Waals surface area contributed by atoms with Crippen LogP contribution in [0, 0.1) is 0 Å². The van der Waals surface area contributed by atoms with Gasteiger partial charge in [0, 0.05) is 0 Å². The van der Waals surface area contributed by atoms with Gasteiger partial charge in [-0.1, -0.05) is 39.0 Å². The van der Waals surface area contributed by atoms with E-state index in [0.717, 1.165) is 21.9 Å². The van der Waals surface area contributed by atoms with Gasteiger partial charge in [0.25, 0.3) is 0 Å². The first-order valence-corrected chi connectivity index (χ1v) is 6.33. The van der Waals surface area contributed by atoms with Gasteiger partial charge in [-0.05, 0) is 21.9 Å². The van der Waals surface area contributed by atoms with E-state index in [0.29, 0.717) is 0 Å². The molecule has 0 spiro atoms. The van der Waals surface area contributed by atoms with Crippen LogP contribution < -0.4 is 0 Å². The molecule has 0 aliphatic rings. The highest BCUT2D eigenvalue weighted by Gasteiger charge is 2.04. The summed E-state index contributed by atoms with van der Waals surface area (Å²) in [6, 6.07) is 0. The molecule has 0 aromatic carbocycles. The van der Waals surface area contributed by atoms with Gasteiger partial charge in [-0.2, -0.15) is 11.1 Å². The van der Waals surface area contributed by atoms with Crippen molar-refractivity contribution >= 4 is 19.9 Å². The van der Waals surface area contributed by atoms with Crippen LogP contribution in [-0.4, -0.2) is 8.83 Å². The second-order valence-corrected chi connectivity index (χ2v) is 4.35. The average molecular weight is 197 g/mol. The molecule has 0 N–H and O–H groups in total. The Hall–Kier alpha value is -0.793. The van der Waals surface area contributed by atoms with Crippen LogP contribution in [0.2, 0.25) is 0 Å². The van der Waals surface area contributed by atoms with E-state index in [1.165, 1.54) is 0 Å². The molecule has 0 aromatic rings. The Labute approximate surface area is 81.2 Å². The predicted octanol–water partition coefficient (Wildman–Crippen LogP) is 2.68. The Balaban J connectivity index is 4.51. The summed E-state index contributed by atoms with van der Waals surface area (Å²) >= 11 is 5.72. The normalized spacial score (nSPS) is 9.75. The highest BCUT2D eigenvalue weighted by atomic mass is 35.6. The van der Waals surface area contributed by atoms with Crippen molar-refractivity contribution in [3.8, 4) is 0 Å². The molecule has 12 heavy (non-hydrogen) atoms. The lowest BCUT2D eigenvalue weighted by Gasteiger charge is -2.09. The van der Waals surface area contributed by atoms with E-state index in [1.54, 1.807) is 6.08 Å². The van der Waals surface area contributed by atoms with Gasteiger partial charge in [-0.3, -0.25) is 0 Å². The van der Waals surface area contributed by atoms with Gasteiger partial charge >= 0.3 is 0 Å². The standard InChI is InChI=1S/C10H13ClSi/c1-6-7(2)8(3)9(4)10(5)12-11/h6H,1-5,12H2. The maximum atomic E-state index is 5.72. The van der Waals surface area contributed by atoms with Crippen molar-refractivity contribution in [2.75, 3.05) is 0 Å². The van der Waals surface area contributed by atoms with E-state index in [-0.39, 0.29) is 0 Å². The van der Waals surface area contributed by atoms with Crippen molar-refractivity contribution in [3.63, 3.8) is 0 Å². The largest absolute Gasteiger partial charge is 0.170 e. The smallest absolute Gasteiger partial charge is 0.155 e. The first kappa shape index (κ1) is 11.2. The Morgan fingerprint density at radius 3 is 1.92 bits per heavy atom. The zero-order chi connectivity index (χ0) is 9.72. The number of allylic oxidation sites excluding steroid dienone is 5. The quantitative estimate of drug-likeness (QED) is 0.361. The van der Waals surface area contributed by atoms with Gasteiger partial charge in [-0.15, -0.1) is 0 Å². The Bertz CT molecular complexity index is 261. The molecule has 0 radical (unpaired) electrons. The van der Waals surface area contributed by atoms with Crippen LogP contribution in [0.15, 0.2) is 60.9 Å². The van der Waals surface area contributed by atoms with Gasteiger partial charge in [0.05, 0.1) is 0 Å². The third kappa shape index (κ3) is 2.68. The van der Waals surface area contributed by atoms with E-state index >= 15 is 0 Å². The van der Waals surface area contributed by atoms with Gasteiger partial charge in [0.1, 0.15) is 0 Å². The fraction of sp³-hybridized carbons (Fsp3) is 0. The van der Waals surface area contributed by atoms with Gasteiger partial charge in [0.15, 0.2) is 8.83 Å². The van der Waals surface area contributed by atoms with Gasteiger partial charge in [0.2, 0.25) is 0 Å². The van der Waals surface area contributed by atoms with Crippen LogP contribution in [0.25, 0.3) is 0 Å². The second kappa shape index (κ2) is 4.96. The van der Waals surface area contributed by atoms with E-state index in [4.69, 9.17) is 11.1 Å². The van der Waals surface area contributed by atoms with Crippen molar-refractivity contribution in [3.05, 3.63) is 60.9 Å². The molecule has 0 aromatic heterocycles. The summed E-state index contributed by atoms with van der Waals surface area (Å²) in [5.41, 5.74) is 2.37. The van der Waals surface area contributed by atoms with Crippen LogP contribution >= 0.6 is 11.1 Å². The summed E-state index contributed by atoms with van der Waals surface area (Å²) in [6.07, 6.45) is 1.65. The van der Waals surface area contributed by atoms with E-state index < -0.39 is 8.83 Å².